The van der Waals surface area contributed by atoms with Crippen LogP contribution in [0.3, 0.4) is 0 Å². The van der Waals surface area contributed by atoms with Crippen LogP contribution in [0.1, 0.15) is 5.76 Å². The van der Waals surface area contributed by atoms with Crippen LogP contribution in [0.2, 0.25) is 0 Å². The van der Waals surface area contributed by atoms with E-state index in [-0.39, 0.29) is 18.1 Å². The quantitative estimate of drug-likeness (QED) is 0.685. The van der Waals surface area contributed by atoms with Gasteiger partial charge in [0.05, 0.1) is 4.92 Å². The zero-order valence-electron chi connectivity index (χ0n) is 7.96. The fourth-order valence-electron chi connectivity index (χ4n) is 1.24. The average Bonchev–Trinajstić information content (AvgIpc) is 2.76. The van der Waals surface area contributed by atoms with Gasteiger partial charge in [-0.25, -0.2) is 4.68 Å². The molecule has 0 amide bonds. The van der Waals surface area contributed by atoms with E-state index in [4.69, 9.17) is 10.2 Å². The topological polar surface area (TPSA) is 100 Å². The summed E-state index contributed by atoms with van der Waals surface area (Å²) in [5.41, 5.74) is 5.36. The van der Waals surface area contributed by atoms with Crippen LogP contribution < -0.4 is 5.73 Å². The van der Waals surface area contributed by atoms with Gasteiger partial charge in [0.15, 0.2) is 4.67 Å². The number of hydrogen-bond acceptors (Lipinski definition) is 5. The summed E-state index contributed by atoms with van der Waals surface area (Å²) in [7, 11) is 0. The molecule has 7 nitrogen and oxygen atoms in total. The van der Waals surface area contributed by atoms with E-state index >= 15 is 0 Å². The van der Waals surface area contributed by atoms with Crippen molar-refractivity contribution in [1.82, 2.24) is 9.78 Å². The molecule has 0 aliphatic heterocycles. The van der Waals surface area contributed by atoms with Crippen LogP contribution in [0, 0.1) is 10.1 Å². The standard InChI is InChI=1S/C8H7BrN4O3/c9-7-2-1-5(16-7)4-12-8(10)6(3-11-12)13(14)15/h1-3H,4,10H2. The molecule has 0 radical (unpaired) electrons. The van der Waals surface area contributed by atoms with Gasteiger partial charge in [0.25, 0.3) is 0 Å². The zero-order chi connectivity index (χ0) is 11.7. The van der Waals surface area contributed by atoms with E-state index in [2.05, 4.69) is 21.0 Å². The van der Waals surface area contributed by atoms with Crippen molar-refractivity contribution < 1.29 is 9.34 Å². The maximum absolute atomic E-state index is 10.5. The first-order chi connectivity index (χ1) is 7.58. The maximum Gasteiger partial charge on any atom is 0.330 e. The van der Waals surface area contributed by atoms with E-state index in [1.807, 2.05) is 0 Å². The van der Waals surface area contributed by atoms with Crippen molar-refractivity contribution in [1.29, 1.82) is 0 Å². The molecule has 0 saturated carbocycles. The maximum atomic E-state index is 10.5. The van der Waals surface area contributed by atoms with Crippen LogP contribution in [0.25, 0.3) is 0 Å². The Bertz CT molecular complexity index is 533. The molecular formula is C8H7BrN4O3. The summed E-state index contributed by atoms with van der Waals surface area (Å²) in [5.74, 6) is 0.620. The molecular weight excluding hydrogens is 280 g/mol. The highest BCUT2D eigenvalue weighted by atomic mass is 79.9. The Labute approximate surface area is 98.1 Å². The van der Waals surface area contributed by atoms with E-state index < -0.39 is 4.92 Å². The van der Waals surface area contributed by atoms with Crippen molar-refractivity contribution >= 4 is 27.4 Å². The second kappa shape index (κ2) is 3.97. The fraction of sp³-hybridized carbons (Fsp3) is 0.125. The predicted molar refractivity (Wildman–Crippen MR) is 58.8 cm³/mol. The largest absolute Gasteiger partial charge is 0.452 e. The van der Waals surface area contributed by atoms with Gasteiger partial charge < -0.3 is 10.2 Å². The van der Waals surface area contributed by atoms with Crippen LogP contribution in [0.15, 0.2) is 27.4 Å². The van der Waals surface area contributed by atoms with Gasteiger partial charge in [-0.1, -0.05) is 0 Å². The Balaban J connectivity index is 2.25. The van der Waals surface area contributed by atoms with Gasteiger partial charge in [-0.05, 0) is 28.1 Å². The van der Waals surface area contributed by atoms with Crippen molar-refractivity contribution in [2.75, 3.05) is 5.73 Å². The molecule has 0 saturated heterocycles. The highest BCUT2D eigenvalue weighted by Gasteiger charge is 2.18. The van der Waals surface area contributed by atoms with Crippen molar-refractivity contribution in [2.24, 2.45) is 0 Å². The zero-order valence-corrected chi connectivity index (χ0v) is 9.55. The van der Waals surface area contributed by atoms with Crippen molar-refractivity contribution in [3.63, 3.8) is 0 Å². The number of rotatable bonds is 3. The minimum atomic E-state index is -0.573. The molecule has 2 heterocycles. The molecule has 2 rings (SSSR count). The molecule has 8 heteroatoms. The van der Waals surface area contributed by atoms with E-state index in [0.717, 1.165) is 6.20 Å². The Kier molecular flexibility index (Phi) is 2.65. The summed E-state index contributed by atoms with van der Waals surface area (Å²) in [6.45, 7) is 0.255. The Hall–Kier alpha value is -1.83. The van der Waals surface area contributed by atoms with Crippen LogP contribution in [0.5, 0.6) is 0 Å². The predicted octanol–water partition coefficient (Wildman–Crippen LogP) is 1.78. The number of aromatic nitrogens is 2. The van der Waals surface area contributed by atoms with Gasteiger partial charge in [0.1, 0.15) is 18.5 Å². The molecule has 16 heavy (non-hydrogen) atoms. The van der Waals surface area contributed by atoms with Gasteiger partial charge in [-0.2, -0.15) is 5.10 Å². The molecule has 0 unspecified atom stereocenters. The lowest BCUT2D eigenvalue weighted by molar-refractivity contribution is -0.384. The summed E-state index contributed by atoms with van der Waals surface area (Å²) in [6.07, 6.45) is 1.12. The first kappa shape index (κ1) is 10.7. The van der Waals surface area contributed by atoms with Crippen LogP contribution in [-0.4, -0.2) is 14.7 Å². The van der Waals surface area contributed by atoms with E-state index in [1.54, 1.807) is 12.1 Å². The molecule has 0 aliphatic carbocycles. The second-order valence-electron chi connectivity index (χ2n) is 3.04. The molecule has 84 valence electrons. The fourth-order valence-corrected chi connectivity index (χ4v) is 1.58. The summed E-state index contributed by atoms with van der Waals surface area (Å²) < 4.78 is 7.14. The number of nitrogens with two attached hydrogens (primary N) is 1. The third-order valence-electron chi connectivity index (χ3n) is 1.99. The molecule has 2 N–H and O–H groups in total. The van der Waals surface area contributed by atoms with Gasteiger partial charge in [0, 0.05) is 0 Å². The summed E-state index contributed by atoms with van der Waals surface area (Å²) in [4.78, 5) is 9.96. The average molecular weight is 287 g/mol. The van der Waals surface area contributed by atoms with E-state index in [9.17, 15) is 10.1 Å². The first-order valence-corrected chi connectivity index (χ1v) is 5.07. The SMILES string of the molecule is Nc1c([N+](=O)[O-])cnn1Cc1ccc(Br)o1. The van der Waals surface area contributed by atoms with E-state index in [1.165, 1.54) is 4.68 Å². The molecule has 0 fully saturated rings. The van der Waals surface area contributed by atoms with Gasteiger partial charge in [-0.3, -0.25) is 10.1 Å². The summed E-state index contributed by atoms with van der Waals surface area (Å²) in [6, 6.07) is 3.46. The molecule has 0 bridgehead atoms. The Morgan fingerprint density at radius 3 is 2.88 bits per heavy atom. The van der Waals surface area contributed by atoms with Crippen LogP contribution in [-0.2, 0) is 6.54 Å². The molecule has 2 aromatic heterocycles. The first-order valence-electron chi connectivity index (χ1n) is 4.28. The van der Waals surface area contributed by atoms with Crippen molar-refractivity contribution in [3.8, 4) is 0 Å². The number of furan rings is 1. The third kappa shape index (κ3) is 1.91. The normalized spacial score (nSPS) is 10.6. The molecule has 0 aromatic carbocycles. The lowest BCUT2D eigenvalue weighted by atomic mass is 10.4. The smallest absolute Gasteiger partial charge is 0.330 e. The number of nitrogens with zero attached hydrogens (tertiary/aromatic N) is 3. The Morgan fingerprint density at radius 2 is 2.38 bits per heavy atom. The number of anilines is 1. The summed E-state index contributed by atoms with van der Waals surface area (Å²) >= 11 is 3.16. The number of hydrogen-bond donors (Lipinski definition) is 1. The number of nitrogen functional groups attached to an aromatic ring is 1. The highest BCUT2D eigenvalue weighted by molar-refractivity contribution is 9.10. The lowest BCUT2D eigenvalue weighted by Gasteiger charge is -1.99. The van der Waals surface area contributed by atoms with Crippen molar-refractivity contribution in [3.05, 3.63) is 38.9 Å². The molecule has 0 aliphatic rings. The van der Waals surface area contributed by atoms with E-state index in [0.29, 0.717) is 10.4 Å². The molecule has 0 spiro atoms. The van der Waals surface area contributed by atoms with Gasteiger partial charge >= 0.3 is 5.69 Å². The lowest BCUT2D eigenvalue weighted by Crippen LogP contribution is -2.06. The minimum absolute atomic E-state index is 0.0116. The van der Waals surface area contributed by atoms with Gasteiger partial charge in [0.2, 0.25) is 5.82 Å². The monoisotopic (exact) mass is 286 g/mol. The summed E-state index contributed by atoms with van der Waals surface area (Å²) in [5, 5.41) is 14.3. The van der Waals surface area contributed by atoms with Gasteiger partial charge in [-0.15, -0.1) is 0 Å². The second-order valence-corrected chi connectivity index (χ2v) is 3.82. The van der Waals surface area contributed by atoms with Crippen LogP contribution in [0.4, 0.5) is 11.5 Å². The number of halogens is 1. The molecule has 0 atom stereocenters. The minimum Gasteiger partial charge on any atom is -0.452 e. The van der Waals surface area contributed by atoms with Crippen LogP contribution >= 0.6 is 15.9 Å². The van der Waals surface area contributed by atoms with Crippen molar-refractivity contribution in [2.45, 2.75) is 6.54 Å². The molecule has 2 aromatic rings. The highest BCUT2D eigenvalue weighted by Crippen LogP contribution is 2.22. The Morgan fingerprint density at radius 1 is 1.62 bits per heavy atom. The third-order valence-corrected chi connectivity index (χ3v) is 2.42. The number of nitro groups is 1.